The van der Waals surface area contributed by atoms with Gasteiger partial charge in [0.25, 0.3) is 0 Å². The molecule has 0 amide bonds. The van der Waals surface area contributed by atoms with Gasteiger partial charge >= 0.3 is 5.97 Å². The Morgan fingerprint density at radius 2 is 1.75 bits per heavy atom. The number of hydrogen-bond donors (Lipinski definition) is 1. The van der Waals surface area contributed by atoms with Crippen molar-refractivity contribution in [2.24, 2.45) is 0 Å². The number of nitrogens with one attached hydrogen (secondary N) is 1. The Bertz CT molecular complexity index is 760. The van der Waals surface area contributed by atoms with E-state index in [1.165, 1.54) is 4.90 Å². The molecular weight excluding hydrogens is 401 g/mol. The molecule has 1 aliphatic rings. The van der Waals surface area contributed by atoms with Crippen LogP contribution >= 0.6 is 11.6 Å². The third kappa shape index (κ3) is 7.17. The topological polar surface area (TPSA) is 49.2 Å². The second-order valence-electron chi connectivity index (χ2n) is 6.22. The maximum absolute atomic E-state index is 12.6. The zero-order chi connectivity index (χ0) is 18.9. The van der Waals surface area contributed by atoms with Crippen molar-refractivity contribution < 1.29 is 36.3 Å². The van der Waals surface area contributed by atoms with Gasteiger partial charge < -0.3 is 31.5 Å². The molecule has 3 rings (SSSR count). The molecule has 0 aliphatic carbocycles. The van der Waals surface area contributed by atoms with Gasteiger partial charge in [-0.25, -0.2) is 4.79 Å². The fourth-order valence-electron chi connectivity index (χ4n) is 2.73. The molecule has 1 N–H and O–H groups in total. The highest BCUT2D eigenvalue weighted by molar-refractivity contribution is 6.30. The molecule has 0 radical (unpaired) electrons. The second kappa shape index (κ2) is 11.7. The SMILES string of the molecule is O=C(OCC[NH+]1CCOCC1)/C(=C\c1ccccc1)Oc1ccc(Cl)cc1.[Cl-]. The first-order valence-corrected chi connectivity index (χ1v) is 9.37. The predicted octanol–water partition coefficient (Wildman–Crippen LogP) is -0.778. The number of benzene rings is 2. The maximum atomic E-state index is 12.6. The number of ether oxygens (including phenoxy) is 3. The highest BCUT2D eigenvalue weighted by Crippen LogP contribution is 2.19. The summed E-state index contributed by atoms with van der Waals surface area (Å²) in [5, 5.41) is 0.604. The van der Waals surface area contributed by atoms with Gasteiger partial charge in [-0.2, -0.15) is 0 Å². The molecule has 1 saturated heterocycles. The van der Waals surface area contributed by atoms with Crippen LogP contribution in [0.25, 0.3) is 6.08 Å². The lowest BCUT2D eigenvalue weighted by atomic mass is 10.2. The van der Waals surface area contributed by atoms with Gasteiger partial charge in [-0.15, -0.1) is 0 Å². The summed E-state index contributed by atoms with van der Waals surface area (Å²) in [7, 11) is 0. The number of hydrogen-bond acceptors (Lipinski definition) is 4. The van der Waals surface area contributed by atoms with E-state index < -0.39 is 5.97 Å². The van der Waals surface area contributed by atoms with Gasteiger partial charge in [0.05, 0.1) is 13.2 Å². The minimum absolute atomic E-state index is 0. The zero-order valence-electron chi connectivity index (χ0n) is 15.4. The molecule has 1 fully saturated rings. The third-order valence-electron chi connectivity index (χ3n) is 4.23. The van der Waals surface area contributed by atoms with E-state index in [4.69, 9.17) is 25.8 Å². The quantitative estimate of drug-likeness (QED) is 0.360. The first-order chi connectivity index (χ1) is 13.2. The van der Waals surface area contributed by atoms with Crippen molar-refractivity contribution in [1.29, 1.82) is 0 Å². The number of morpholine rings is 1. The van der Waals surface area contributed by atoms with Gasteiger partial charge in [0.1, 0.15) is 32.0 Å². The fraction of sp³-hybridized carbons (Fsp3) is 0.286. The molecule has 0 bridgehead atoms. The summed E-state index contributed by atoms with van der Waals surface area (Å²) in [6, 6.07) is 16.4. The van der Waals surface area contributed by atoms with Crippen LogP contribution in [0, 0.1) is 0 Å². The van der Waals surface area contributed by atoms with Gasteiger partial charge in [-0.05, 0) is 35.9 Å². The lowest BCUT2D eigenvalue weighted by Gasteiger charge is -2.23. The normalized spacial score (nSPS) is 14.8. The smallest absolute Gasteiger partial charge is 0.374 e. The Hall–Kier alpha value is -2.05. The molecule has 2 aromatic carbocycles. The molecule has 1 aliphatic heterocycles. The largest absolute Gasteiger partial charge is 1.00 e. The summed E-state index contributed by atoms with van der Waals surface area (Å²) in [5.41, 5.74) is 0.859. The summed E-state index contributed by atoms with van der Waals surface area (Å²) in [4.78, 5) is 14.0. The van der Waals surface area contributed by atoms with Gasteiger partial charge in [-0.3, -0.25) is 0 Å². The van der Waals surface area contributed by atoms with E-state index in [0.717, 1.165) is 38.4 Å². The molecule has 0 unspecified atom stereocenters. The van der Waals surface area contributed by atoms with Crippen LogP contribution in [0.4, 0.5) is 0 Å². The van der Waals surface area contributed by atoms with Crippen LogP contribution in [0.1, 0.15) is 5.56 Å². The molecule has 7 heteroatoms. The number of halogens is 2. The number of esters is 1. The molecule has 5 nitrogen and oxygen atoms in total. The van der Waals surface area contributed by atoms with Gasteiger partial charge in [0.2, 0.25) is 5.76 Å². The van der Waals surface area contributed by atoms with Crippen LogP contribution in [0.15, 0.2) is 60.4 Å². The summed E-state index contributed by atoms with van der Waals surface area (Å²) in [6.07, 6.45) is 1.68. The van der Waals surface area contributed by atoms with Crippen molar-refractivity contribution >= 4 is 23.6 Å². The zero-order valence-corrected chi connectivity index (χ0v) is 16.9. The molecule has 0 atom stereocenters. The van der Waals surface area contributed by atoms with Gasteiger partial charge in [0.15, 0.2) is 0 Å². The van der Waals surface area contributed by atoms with E-state index in [1.54, 1.807) is 30.3 Å². The number of carbonyl (C=O) groups excluding carboxylic acids is 1. The van der Waals surface area contributed by atoms with Crippen LogP contribution in [0.3, 0.4) is 0 Å². The van der Waals surface area contributed by atoms with Crippen molar-refractivity contribution in [3.05, 3.63) is 70.9 Å². The number of rotatable bonds is 7. The van der Waals surface area contributed by atoms with Crippen molar-refractivity contribution in [2.45, 2.75) is 0 Å². The molecule has 28 heavy (non-hydrogen) atoms. The Kier molecular flexibility index (Phi) is 9.31. The minimum atomic E-state index is -0.485. The number of carbonyl (C=O) groups is 1. The van der Waals surface area contributed by atoms with Crippen LogP contribution in [0.2, 0.25) is 5.02 Å². The maximum Gasteiger partial charge on any atom is 0.374 e. The molecule has 0 saturated carbocycles. The van der Waals surface area contributed by atoms with Crippen molar-refractivity contribution in [3.63, 3.8) is 0 Å². The van der Waals surface area contributed by atoms with Crippen molar-refractivity contribution in [1.82, 2.24) is 0 Å². The molecule has 2 aromatic rings. The summed E-state index contributed by atoms with van der Waals surface area (Å²) in [5.74, 6) is 0.180. The Morgan fingerprint density at radius 3 is 2.43 bits per heavy atom. The van der Waals surface area contributed by atoms with Crippen molar-refractivity contribution in [3.8, 4) is 5.75 Å². The van der Waals surface area contributed by atoms with E-state index in [2.05, 4.69) is 0 Å². The van der Waals surface area contributed by atoms with Crippen molar-refractivity contribution in [2.75, 3.05) is 39.5 Å². The Balaban J connectivity index is 0.00000280. The Morgan fingerprint density at radius 1 is 1.07 bits per heavy atom. The van der Waals surface area contributed by atoms with Gasteiger partial charge in [-0.1, -0.05) is 41.9 Å². The van der Waals surface area contributed by atoms with E-state index in [-0.39, 0.29) is 18.2 Å². The van der Waals surface area contributed by atoms with Crippen LogP contribution < -0.4 is 22.0 Å². The minimum Gasteiger partial charge on any atom is -1.00 e. The van der Waals surface area contributed by atoms with E-state index in [9.17, 15) is 4.79 Å². The first kappa shape index (κ1) is 22.2. The molecular formula is C21H23Cl2NO4. The highest BCUT2D eigenvalue weighted by atomic mass is 35.5. The lowest BCUT2D eigenvalue weighted by Crippen LogP contribution is -3.14. The first-order valence-electron chi connectivity index (χ1n) is 8.99. The Labute approximate surface area is 176 Å². The van der Waals surface area contributed by atoms with Crippen LogP contribution in [-0.2, 0) is 14.3 Å². The summed E-state index contributed by atoms with van der Waals surface area (Å²) < 4.78 is 16.6. The molecule has 1 heterocycles. The van der Waals surface area contributed by atoms with Gasteiger partial charge in [0, 0.05) is 5.02 Å². The van der Waals surface area contributed by atoms with E-state index in [1.807, 2.05) is 30.3 Å². The molecule has 0 aromatic heterocycles. The number of quaternary nitrogens is 1. The molecule has 0 spiro atoms. The monoisotopic (exact) mass is 423 g/mol. The standard InChI is InChI=1S/C21H22ClNO4.ClH/c22-18-6-8-19(9-7-18)27-20(16-17-4-2-1-3-5-17)21(24)26-15-12-23-10-13-25-14-11-23;/h1-9,16H,10-15H2;1H/b20-16+;. The van der Waals surface area contributed by atoms with E-state index in [0.29, 0.717) is 17.4 Å². The summed E-state index contributed by atoms with van der Waals surface area (Å²) >= 11 is 5.91. The summed E-state index contributed by atoms with van der Waals surface area (Å²) in [6.45, 7) is 4.47. The predicted molar refractivity (Wildman–Crippen MR) is 104 cm³/mol. The third-order valence-corrected chi connectivity index (χ3v) is 4.48. The van der Waals surface area contributed by atoms with Crippen LogP contribution in [-0.4, -0.2) is 45.4 Å². The van der Waals surface area contributed by atoms with E-state index >= 15 is 0 Å². The highest BCUT2D eigenvalue weighted by Gasteiger charge is 2.17. The fourth-order valence-corrected chi connectivity index (χ4v) is 2.86. The average Bonchev–Trinajstić information content (AvgIpc) is 2.70. The average molecular weight is 424 g/mol. The second-order valence-corrected chi connectivity index (χ2v) is 6.66. The molecule has 150 valence electrons. The lowest BCUT2D eigenvalue weighted by molar-refractivity contribution is -0.908. The van der Waals surface area contributed by atoms with Crippen LogP contribution in [0.5, 0.6) is 5.75 Å².